The molecular weight excluding hydrogens is 585 g/mol. The van der Waals surface area contributed by atoms with Gasteiger partial charge in [-0.3, -0.25) is 0 Å². The number of thiazole rings is 1. The first-order valence-electron chi connectivity index (χ1n) is 12.1. The quantitative estimate of drug-likeness (QED) is 0.193. The van der Waals surface area contributed by atoms with Gasteiger partial charge in [0.15, 0.2) is 10.3 Å². The number of halogens is 2. The molecule has 0 N–H and O–H groups in total. The molecule has 0 unspecified atom stereocenters. The van der Waals surface area contributed by atoms with Crippen LogP contribution in [0.15, 0.2) is 79.0 Å². The van der Waals surface area contributed by atoms with Crippen molar-refractivity contribution in [3.05, 3.63) is 89.3 Å². The predicted octanol–water partition coefficient (Wildman–Crippen LogP) is 11.9. The van der Waals surface area contributed by atoms with Crippen LogP contribution in [-0.4, -0.2) is 4.98 Å². The van der Waals surface area contributed by atoms with E-state index in [0.29, 0.717) is 0 Å². The van der Waals surface area contributed by atoms with E-state index in [1.807, 2.05) is 6.20 Å². The second-order valence-corrected chi connectivity index (χ2v) is 14.9. The summed E-state index contributed by atoms with van der Waals surface area (Å²) in [6, 6.07) is 24.8. The molecule has 0 radical (unpaired) electrons. The molecule has 0 aliphatic heterocycles. The number of hydrogen-bond acceptors (Lipinski definition) is 6. The maximum atomic E-state index is 13.7. The maximum Gasteiger partial charge on any atom is 0.177 e. The highest BCUT2D eigenvalue weighted by atomic mass is 32.1. The van der Waals surface area contributed by atoms with E-state index in [4.69, 9.17) is 4.98 Å². The molecule has 8 heteroatoms. The molecule has 0 amide bonds. The van der Waals surface area contributed by atoms with E-state index in [9.17, 15) is 8.78 Å². The van der Waals surface area contributed by atoms with Crippen molar-refractivity contribution in [2.45, 2.75) is 0 Å². The van der Waals surface area contributed by atoms with Gasteiger partial charge in [0.1, 0.15) is 5.01 Å². The molecule has 9 aromatic rings. The van der Waals surface area contributed by atoms with Gasteiger partial charge in [0, 0.05) is 29.9 Å². The zero-order valence-electron chi connectivity index (χ0n) is 19.7. The lowest BCUT2D eigenvalue weighted by Gasteiger charge is -1.99. The van der Waals surface area contributed by atoms with Crippen molar-refractivity contribution in [1.29, 1.82) is 0 Å². The number of nitrogens with zero attached hydrogens (tertiary/aromatic N) is 1. The number of benzene rings is 4. The Morgan fingerprint density at radius 2 is 0.821 bits per heavy atom. The Labute approximate surface area is 239 Å². The summed E-state index contributed by atoms with van der Waals surface area (Å²) in [6.45, 7) is 0. The Hall–Kier alpha value is -3.27. The third-order valence-corrected chi connectivity index (χ3v) is 12.5. The second-order valence-electron chi connectivity index (χ2n) is 9.61. The molecule has 0 spiro atoms. The molecule has 0 bridgehead atoms. The molecule has 0 fully saturated rings. The molecule has 186 valence electrons. The topological polar surface area (TPSA) is 12.9 Å². The molecule has 0 aliphatic carbocycles. The van der Waals surface area contributed by atoms with E-state index in [-0.39, 0.29) is 10.3 Å². The Balaban J connectivity index is 1.11. The standard InChI is InChI=1S/C31H13F2NS5/c32-29-11-20-3-16-5-22-18(1-14(16)7-24(20)37-29)9-26(35-22)28-13-34-31(39-28)27-10-19-2-15-8-25-21(12-30(33)38-25)4-17(15)6-23(19)36-27/h1-13H. The van der Waals surface area contributed by atoms with E-state index in [2.05, 4.69) is 60.7 Å². The van der Waals surface area contributed by atoms with Crippen molar-refractivity contribution < 1.29 is 8.78 Å². The smallest absolute Gasteiger partial charge is 0.177 e. The van der Waals surface area contributed by atoms with Crippen molar-refractivity contribution in [2.24, 2.45) is 0 Å². The van der Waals surface area contributed by atoms with Crippen LogP contribution in [-0.2, 0) is 0 Å². The van der Waals surface area contributed by atoms with Gasteiger partial charge in [-0.2, -0.15) is 8.78 Å². The number of fused-ring (bicyclic) bond motifs is 6. The third-order valence-electron chi connectivity index (χ3n) is 7.12. The minimum atomic E-state index is -0.146. The van der Waals surface area contributed by atoms with E-state index in [1.54, 1.807) is 46.1 Å². The van der Waals surface area contributed by atoms with Crippen LogP contribution in [0.5, 0.6) is 0 Å². The summed E-state index contributed by atoms with van der Waals surface area (Å²) >= 11 is 7.63. The van der Waals surface area contributed by atoms with Gasteiger partial charge in [-0.15, -0.1) is 56.7 Å². The van der Waals surface area contributed by atoms with Gasteiger partial charge in [-0.1, -0.05) is 0 Å². The van der Waals surface area contributed by atoms with E-state index < -0.39 is 0 Å². The van der Waals surface area contributed by atoms with Gasteiger partial charge in [0.2, 0.25) is 0 Å². The zero-order valence-corrected chi connectivity index (χ0v) is 23.8. The van der Waals surface area contributed by atoms with Crippen molar-refractivity contribution in [3.63, 3.8) is 0 Å². The van der Waals surface area contributed by atoms with Gasteiger partial charge in [-0.05, 0) is 116 Å². The van der Waals surface area contributed by atoms with Crippen LogP contribution in [0.4, 0.5) is 8.78 Å². The summed E-state index contributed by atoms with van der Waals surface area (Å²) in [5, 5.41) is 9.54. The highest BCUT2D eigenvalue weighted by molar-refractivity contribution is 7.29. The molecule has 5 aromatic heterocycles. The van der Waals surface area contributed by atoms with Crippen molar-refractivity contribution in [3.8, 4) is 19.6 Å². The van der Waals surface area contributed by atoms with Crippen LogP contribution >= 0.6 is 56.7 Å². The average Bonchev–Trinajstić information content (AvgIpc) is 3.71. The number of thiophene rings is 4. The first-order valence-corrected chi connectivity index (χ1v) is 16.2. The Morgan fingerprint density at radius 1 is 0.385 bits per heavy atom. The molecule has 0 atom stereocenters. The molecule has 9 rings (SSSR count). The van der Waals surface area contributed by atoms with Crippen LogP contribution in [0.1, 0.15) is 0 Å². The average molecular weight is 598 g/mol. The lowest BCUT2D eigenvalue weighted by molar-refractivity contribution is 0.658. The normalized spacial score (nSPS) is 12.4. The lowest BCUT2D eigenvalue weighted by atomic mass is 10.1. The number of rotatable bonds is 2. The Morgan fingerprint density at radius 3 is 1.36 bits per heavy atom. The van der Waals surface area contributed by atoms with Gasteiger partial charge in [-0.25, -0.2) is 4.98 Å². The van der Waals surface area contributed by atoms with Crippen molar-refractivity contribution in [1.82, 2.24) is 4.98 Å². The summed E-state index contributed by atoms with van der Waals surface area (Å²) in [5.41, 5.74) is 0. The minimum absolute atomic E-state index is 0.145. The highest BCUT2D eigenvalue weighted by Gasteiger charge is 2.14. The van der Waals surface area contributed by atoms with E-state index in [1.165, 1.54) is 47.7 Å². The second kappa shape index (κ2) is 8.13. The zero-order chi connectivity index (χ0) is 25.8. The molecule has 1 nitrogen and oxygen atoms in total. The largest absolute Gasteiger partial charge is 0.243 e. The van der Waals surface area contributed by atoms with Crippen LogP contribution in [0.3, 0.4) is 0 Å². The number of aromatic nitrogens is 1. The molecule has 39 heavy (non-hydrogen) atoms. The van der Waals surface area contributed by atoms with Gasteiger partial charge < -0.3 is 0 Å². The van der Waals surface area contributed by atoms with Crippen LogP contribution in [0, 0.1) is 10.3 Å². The predicted molar refractivity (Wildman–Crippen MR) is 169 cm³/mol. The molecule has 4 aromatic carbocycles. The summed E-state index contributed by atoms with van der Waals surface area (Å²) in [7, 11) is 0. The summed E-state index contributed by atoms with van der Waals surface area (Å²) in [5.74, 6) is 0. The minimum Gasteiger partial charge on any atom is -0.243 e. The van der Waals surface area contributed by atoms with E-state index in [0.717, 1.165) is 56.5 Å². The SMILES string of the molecule is Fc1cc2cc3cc4sc(-c5cnc(-c6cc7cc8cc9sc(F)cc9cc8cc7s6)s5)cc4cc3cc2s1. The van der Waals surface area contributed by atoms with Crippen LogP contribution in [0.2, 0.25) is 0 Å². The fraction of sp³-hybridized carbons (Fsp3) is 0. The molecule has 0 aliphatic rings. The summed E-state index contributed by atoms with van der Waals surface area (Å²) in [6.07, 6.45) is 1.98. The first-order chi connectivity index (χ1) is 19.0. The molecule has 0 saturated heterocycles. The summed E-state index contributed by atoms with van der Waals surface area (Å²) in [4.78, 5) is 8.32. The fourth-order valence-corrected chi connectivity index (χ4v) is 10.2. The van der Waals surface area contributed by atoms with E-state index >= 15 is 0 Å². The Kier molecular flexibility index (Phi) is 4.70. The summed E-state index contributed by atoms with van der Waals surface area (Å²) < 4.78 is 31.9. The maximum absolute atomic E-state index is 13.7. The highest BCUT2D eigenvalue weighted by Crippen LogP contribution is 2.43. The molecular formula is C31H13F2NS5. The van der Waals surface area contributed by atoms with Crippen molar-refractivity contribution >= 4 is 119 Å². The molecule has 0 saturated carbocycles. The van der Waals surface area contributed by atoms with Crippen LogP contribution < -0.4 is 0 Å². The van der Waals surface area contributed by atoms with Crippen molar-refractivity contribution in [2.75, 3.05) is 0 Å². The molecule has 5 heterocycles. The monoisotopic (exact) mass is 597 g/mol. The number of hydrogen-bond donors (Lipinski definition) is 0. The third kappa shape index (κ3) is 3.59. The lowest BCUT2D eigenvalue weighted by Crippen LogP contribution is -1.72. The Bertz CT molecular complexity index is 2120. The van der Waals surface area contributed by atoms with Crippen LogP contribution in [0.25, 0.3) is 81.5 Å². The van der Waals surface area contributed by atoms with Gasteiger partial charge >= 0.3 is 0 Å². The fourth-order valence-electron chi connectivity index (χ4n) is 5.31. The van der Waals surface area contributed by atoms with Gasteiger partial charge in [0.05, 0.1) is 9.75 Å². The first kappa shape index (κ1) is 22.5. The van der Waals surface area contributed by atoms with Gasteiger partial charge in [0.25, 0.3) is 0 Å².